The summed E-state index contributed by atoms with van der Waals surface area (Å²) in [6.45, 7) is 2.14. The number of rotatable bonds is 6. The lowest BCUT2D eigenvalue weighted by Gasteiger charge is -2.34. The molecule has 0 radical (unpaired) electrons. The largest absolute Gasteiger partial charge is 0.450 e. The minimum Gasteiger partial charge on any atom is -0.450 e. The van der Waals surface area contributed by atoms with Gasteiger partial charge in [0.1, 0.15) is 5.39 Å². The Balaban J connectivity index is 1.31. The summed E-state index contributed by atoms with van der Waals surface area (Å²) in [6.07, 6.45) is 10.4. The maximum Gasteiger partial charge on any atom is 0.410 e. The maximum absolute atomic E-state index is 12.9. The van der Waals surface area contributed by atoms with Crippen molar-refractivity contribution in [3.05, 3.63) is 32.4 Å². The van der Waals surface area contributed by atoms with Gasteiger partial charge in [0.05, 0.1) is 12.3 Å². The number of fused-ring (bicyclic) bond motifs is 3. The van der Waals surface area contributed by atoms with E-state index in [-0.39, 0.29) is 29.9 Å². The van der Waals surface area contributed by atoms with Gasteiger partial charge in [-0.3, -0.25) is 9.78 Å². The first-order chi connectivity index (χ1) is 17.0. The molecule has 2 saturated heterocycles. The van der Waals surface area contributed by atoms with E-state index in [4.69, 9.17) is 14.0 Å². The first-order valence-electron chi connectivity index (χ1n) is 12.8. The highest BCUT2D eigenvalue weighted by molar-refractivity contribution is 5.88. The van der Waals surface area contributed by atoms with Crippen molar-refractivity contribution in [1.82, 2.24) is 14.9 Å². The van der Waals surface area contributed by atoms with Crippen LogP contribution in [0.5, 0.6) is 6.01 Å². The Morgan fingerprint density at radius 2 is 1.91 bits per heavy atom. The molecule has 1 N–H and O–H groups in total. The van der Waals surface area contributed by atoms with Crippen molar-refractivity contribution >= 4 is 22.9 Å². The van der Waals surface area contributed by atoms with Crippen LogP contribution < -0.4 is 16.0 Å². The normalized spacial score (nSPS) is 22.4. The van der Waals surface area contributed by atoms with Crippen LogP contribution in [0.3, 0.4) is 0 Å². The molecule has 1 saturated carbocycles. The van der Waals surface area contributed by atoms with E-state index in [0.717, 1.165) is 25.0 Å². The van der Waals surface area contributed by atoms with Crippen LogP contribution in [-0.4, -0.2) is 45.4 Å². The number of H-pyrrole nitrogens is 1. The second kappa shape index (κ2) is 10.2. The number of hydrogen-bond acceptors (Lipinski definition) is 8. The van der Waals surface area contributed by atoms with E-state index >= 15 is 0 Å². The molecule has 10 nitrogen and oxygen atoms in total. The van der Waals surface area contributed by atoms with Crippen molar-refractivity contribution < 1.29 is 18.8 Å². The van der Waals surface area contributed by atoms with Crippen LogP contribution in [0.25, 0.3) is 11.1 Å². The van der Waals surface area contributed by atoms with Crippen molar-refractivity contribution in [2.24, 2.45) is 11.1 Å². The molecule has 188 valence electrons. The van der Waals surface area contributed by atoms with E-state index in [9.17, 15) is 14.4 Å². The predicted octanol–water partition coefficient (Wildman–Crippen LogP) is 3.91. The first kappa shape index (κ1) is 23.6. The summed E-state index contributed by atoms with van der Waals surface area (Å²) >= 11 is 0. The molecule has 2 bridgehead atoms. The summed E-state index contributed by atoms with van der Waals surface area (Å²) in [5.41, 5.74) is 0.478. The number of oxime groups is 1. The Morgan fingerprint density at radius 1 is 1.17 bits per heavy atom. The molecule has 2 aromatic heterocycles. The number of aromatic amines is 1. The van der Waals surface area contributed by atoms with Crippen molar-refractivity contribution in [2.45, 2.75) is 89.6 Å². The average molecular weight is 485 g/mol. The van der Waals surface area contributed by atoms with E-state index < -0.39 is 11.2 Å². The second-order valence-electron chi connectivity index (χ2n) is 9.83. The zero-order chi connectivity index (χ0) is 24.4. The molecule has 0 spiro atoms. The summed E-state index contributed by atoms with van der Waals surface area (Å²) in [6, 6.07) is 1.34. The molecule has 10 heteroatoms. The summed E-state index contributed by atoms with van der Waals surface area (Å²) < 4.78 is 10.4. The molecule has 3 aliphatic rings. The number of hydrogen-bond donors (Lipinski definition) is 1. The number of aromatic nitrogens is 2. The van der Waals surface area contributed by atoms with Crippen LogP contribution in [0.4, 0.5) is 4.79 Å². The molecule has 35 heavy (non-hydrogen) atoms. The third-order valence-electron chi connectivity index (χ3n) is 7.52. The fourth-order valence-electron chi connectivity index (χ4n) is 5.87. The molecular formula is C25H32N4O6. The minimum absolute atomic E-state index is 0.0310. The molecule has 2 aromatic rings. The molecule has 0 aromatic carbocycles. The molecule has 3 fully saturated rings. The number of carbonyl (C=O) groups excluding carboxylic acids is 1. The highest BCUT2D eigenvalue weighted by Crippen LogP contribution is 2.35. The number of aryl methyl sites for hydroxylation is 1. The third kappa shape index (κ3) is 5.11. The Bertz CT molecular complexity index is 1210. The number of amides is 1. The maximum atomic E-state index is 12.9. The lowest BCUT2D eigenvalue weighted by molar-refractivity contribution is 0.0856. The van der Waals surface area contributed by atoms with Crippen molar-refractivity contribution in [2.75, 3.05) is 6.61 Å². The van der Waals surface area contributed by atoms with Crippen LogP contribution in [-0.2, 0) is 11.2 Å². The molecular weight excluding hydrogens is 452 g/mol. The highest BCUT2D eigenvalue weighted by Gasteiger charge is 2.43. The van der Waals surface area contributed by atoms with Gasteiger partial charge in [0, 0.05) is 31.0 Å². The second-order valence-corrected chi connectivity index (χ2v) is 9.83. The monoisotopic (exact) mass is 484 g/mol. The van der Waals surface area contributed by atoms with Crippen LogP contribution in [0.1, 0.15) is 76.7 Å². The Hall–Kier alpha value is -3.17. The standard InChI is InChI=1S/C25H32N4O6/c1-2-33-25(32)29-18-10-11-19(29)14-17(13-18)28-35-24-26-22(31)21-16(12-20(30)34-23(21)27-24)9-8-15-6-4-3-5-7-15/h12,15,18-19H,2-11,13-14H2,1H3,(H,26,27,31). The zero-order valence-corrected chi connectivity index (χ0v) is 20.1. The zero-order valence-electron chi connectivity index (χ0n) is 20.1. The van der Waals surface area contributed by atoms with Gasteiger partial charge in [0.2, 0.25) is 5.71 Å². The SMILES string of the molecule is CCOC(=O)N1C2CCC1CC(=NOc1nc3oc(=O)cc(CCC4CCCCC4)c3c(=O)[nH]1)C2. The predicted molar refractivity (Wildman–Crippen MR) is 129 cm³/mol. The third-order valence-corrected chi connectivity index (χ3v) is 7.52. The van der Waals surface area contributed by atoms with E-state index in [1.54, 1.807) is 6.92 Å². The lowest BCUT2D eigenvalue weighted by Crippen LogP contribution is -2.47. The number of nitrogens with one attached hydrogen (secondary N) is 1. The van der Waals surface area contributed by atoms with Crippen LogP contribution in [0.2, 0.25) is 0 Å². The fourth-order valence-corrected chi connectivity index (χ4v) is 5.87. The van der Waals surface area contributed by atoms with E-state index in [1.807, 2.05) is 4.90 Å². The van der Waals surface area contributed by atoms with Crippen molar-refractivity contribution in [1.29, 1.82) is 0 Å². The topological polar surface area (TPSA) is 127 Å². The van der Waals surface area contributed by atoms with Gasteiger partial charge in [0.25, 0.3) is 5.56 Å². The Labute approximate surface area is 202 Å². The first-order valence-corrected chi connectivity index (χ1v) is 12.8. The molecule has 5 rings (SSSR count). The van der Waals surface area contributed by atoms with Gasteiger partial charge in [-0.1, -0.05) is 37.3 Å². The van der Waals surface area contributed by atoms with Gasteiger partial charge in [-0.15, -0.1) is 0 Å². The number of ether oxygens (including phenoxy) is 1. The van der Waals surface area contributed by atoms with E-state index in [0.29, 0.717) is 42.7 Å². The molecule has 2 aliphatic heterocycles. The van der Waals surface area contributed by atoms with Gasteiger partial charge in [-0.2, -0.15) is 4.98 Å². The van der Waals surface area contributed by atoms with Gasteiger partial charge in [-0.25, -0.2) is 9.59 Å². The fraction of sp³-hybridized carbons (Fsp3) is 0.640. The highest BCUT2D eigenvalue weighted by atomic mass is 16.6. The molecule has 2 atom stereocenters. The molecule has 2 unspecified atom stereocenters. The molecule has 1 aliphatic carbocycles. The van der Waals surface area contributed by atoms with Crippen LogP contribution >= 0.6 is 0 Å². The molecule has 1 amide bonds. The summed E-state index contributed by atoms with van der Waals surface area (Å²) in [5, 5.41) is 4.50. The summed E-state index contributed by atoms with van der Waals surface area (Å²) in [5.74, 6) is 0.627. The van der Waals surface area contributed by atoms with E-state index in [1.165, 1.54) is 38.2 Å². The van der Waals surface area contributed by atoms with Crippen LogP contribution in [0.15, 0.2) is 25.2 Å². The number of nitrogens with zero attached hydrogens (tertiary/aromatic N) is 3. The number of carbonyl (C=O) groups is 1. The van der Waals surface area contributed by atoms with Gasteiger partial charge < -0.3 is 18.9 Å². The Kier molecular flexibility index (Phi) is 6.88. The summed E-state index contributed by atoms with van der Waals surface area (Å²) in [4.78, 5) is 51.4. The Morgan fingerprint density at radius 3 is 2.63 bits per heavy atom. The quantitative estimate of drug-likeness (QED) is 0.616. The summed E-state index contributed by atoms with van der Waals surface area (Å²) in [7, 11) is 0. The van der Waals surface area contributed by atoms with Gasteiger partial charge >= 0.3 is 17.7 Å². The van der Waals surface area contributed by atoms with Gasteiger partial charge in [0.15, 0.2) is 0 Å². The lowest BCUT2D eigenvalue weighted by atomic mass is 9.85. The van der Waals surface area contributed by atoms with Crippen molar-refractivity contribution in [3.63, 3.8) is 0 Å². The van der Waals surface area contributed by atoms with E-state index in [2.05, 4.69) is 15.1 Å². The van der Waals surface area contributed by atoms with Gasteiger partial charge in [-0.05, 0) is 44.1 Å². The minimum atomic E-state index is -0.533. The smallest absolute Gasteiger partial charge is 0.410 e. The molecule has 4 heterocycles. The van der Waals surface area contributed by atoms with Crippen LogP contribution in [0, 0.1) is 5.92 Å². The van der Waals surface area contributed by atoms with Crippen molar-refractivity contribution in [3.8, 4) is 6.01 Å². The number of piperidine rings is 1. The average Bonchev–Trinajstić information content (AvgIpc) is 3.11.